The van der Waals surface area contributed by atoms with E-state index in [4.69, 9.17) is 5.11 Å². The highest BCUT2D eigenvalue weighted by molar-refractivity contribution is 5.77. The van der Waals surface area contributed by atoms with Crippen LogP contribution in [0, 0.1) is 10.1 Å². The Balaban J connectivity index is 2.46. The third-order valence-electron chi connectivity index (χ3n) is 2.16. The van der Waals surface area contributed by atoms with Crippen molar-refractivity contribution in [3.8, 4) is 0 Å². The summed E-state index contributed by atoms with van der Waals surface area (Å²) >= 11 is 0. The molecule has 1 unspecified atom stereocenters. The van der Waals surface area contributed by atoms with Crippen LogP contribution in [-0.2, 0) is 20.9 Å². The number of carboxylic acid groups (broad SMARTS) is 1. The number of carboxylic acids is 1. The lowest BCUT2D eigenvalue weighted by molar-refractivity contribution is -0.389. The molecule has 1 heterocycles. The molecule has 0 fully saturated rings. The predicted octanol–water partition coefficient (Wildman–Crippen LogP) is -0.993. The Hall–Kier alpha value is -2.49. The fraction of sp³-hybridized carbons (Fsp3) is 0.444. The van der Waals surface area contributed by atoms with Gasteiger partial charge in [0.1, 0.15) is 6.54 Å². The molecule has 1 rings (SSSR count). The van der Waals surface area contributed by atoms with Gasteiger partial charge < -0.3 is 25.3 Å². The normalized spacial score (nSPS) is 11.8. The molecule has 0 aliphatic heterocycles. The van der Waals surface area contributed by atoms with Gasteiger partial charge in [0, 0.05) is 7.11 Å². The number of ether oxygens (including phenoxy) is 1. The van der Waals surface area contributed by atoms with Gasteiger partial charge in [0.05, 0.1) is 23.9 Å². The zero-order valence-electron chi connectivity index (χ0n) is 9.98. The molecule has 0 aliphatic rings. The molecule has 0 saturated carbocycles. The number of hydrogen-bond acceptors (Lipinski definition) is 6. The molecule has 10 heteroatoms. The number of rotatable bonds is 7. The molecule has 0 spiro atoms. The number of nitrogens with zero attached hydrogens (tertiary/aromatic N) is 3. The molecule has 2 N–H and O–H groups in total. The molecule has 0 saturated heterocycles. The smallest absolute Gasteiger partial charge is 0.389 e. The average molecular weight is 272 g/mol. The Bertz CT molecular complexity index is 485. The Morgan fingerprint density at radius 3 is 2.84 bits per heavy atom. The molecule has 19 heavy (non-hydrogen) atoms. The van der Waals surface area contributed by atoms with Gasteiger partial charge >= 0.3 is 11.8 Å². The molecule has 10 nitrogen and oxygen atoms in total. The first-order valence-corrected chi connectivity index (χ1v) is 5.14. The molecule has 0 aliphatic carbocycles. The third kappa shape index (κ3) is 4.35. The number of aromatic nitrogens is 2. The first-order chi connectivity index (χ1) is 8.93. The van der Waals surface area contributed by atoms with E-state index in [9.17, 15) is 19.7 Å². The van der Waals surface area contributed by atoms with Crippen LogP contribution >= 0.6 is 0 Å². The number of amides is 1. The number of carbonyl (C=O) groups is 2. The highest BCUT2D eigenvalue weighted by atomic mass is 16.6. The van der Waals surface area contributed by atoms with E-state index in [2.05, 4.69) is 15.2 Å². The lowest BCUT2D eigenvalue weighted by atomic mass is 10.3. The van der Waals surface area contributed by atoms with E-state index < -0.39 is 22.9 Å². The molecule has 1 aromatic heterocycles. The summed E-state index contributed by atoms with van der Waals surface area (Å²) in [7, 11) is 1.21. The lowest BCUT2D eigenvalue weighted by Crippen LogP contribution is -2.39. The van der Waals surface area contributed by atoms with E-state index >= 15 is 0 Å². The predicted molar refractivity (Wildman–Crippen MR) is 60.3 cm³/mol. The minimum Gasteiger partial charge on any atom is -0.479 e. The van der Waals surface area contributed by atoms with Crippen LogP contribution in [-0.4, -0.2) is 51.4 Å². The summed E-state index contributed by atoms with van der Waals surface area (Å²) in [5.41, 5.74) is 0. The average Bonchev–Trinajstić information content (AvgIpc) is 2.78. The van der Waals surface area contributed by atoms with Crippen molar-refractivity contribution in [1.82, 2.24) is 15.1 Å². The maximum absolute atomic E-state index is 11.4. The molecule has 0 bridgehead atoms. The van der Waals surface area contributed by atoms with Crippen LogP contribution in [0.5, 0.6) is 0 Å². The van der Waals surface area contributed by atoms with Crippen molar-refractivity contribution in [1.29, 1.82) is 0 Å². The number of nitro groups is 1. The van der Waals surface area contributed by atoms with Crippen LogP contribution in [0.3, 0.4) is 0 Å². The Labute approximate surface area is 107 Å². The van der Waals surface area contributed by atoms with Gasteiger partial charge in [-0.15, -0.1) is 0 Å². The van der Waals surface area contributed by atoms with Crippen molar-refractivity contribution in [3.63, 3.8) is 0 Å². The monoisotopic (exact) mass is 272 g/mol. The second kappa shape index (κ2) is 6.44. The van der Waals surface area contributed by atoms with E-state index in [1.807, 2.05) is 0 Å². The van der Waals surface area contributed by atoms with Gasteiger partial charge in [0.25, 0.3) is 0 Å². The summed E-state index contributed by atoms with van der Waals surface area (Å²) in [5.74, 6) is -2.09. The highest BCUT2D eigenvalue weighted by Crippen LogP contribution is 2.04. The maximum Gasteiger partial charge on any atom is 0.389 e. The van der Waals surface area contributed by atoms with Crippen LogP contribution in [0.4, 0.5) is 5.82 Å². The van der Waals surface area contributed by atoms with E-state index in [-0.39, 0.29) is 18.9 Å². The Kier molecular flexibility index (Phi) is 4.94. The second-order valence-electron chi connectivity index (χ2n) is 3.50. The van der Waals surface area contributed by atoms with Crippen molar-refractivity contribution in [2.24, 2.45) is 0 Å². The molecule has 1 amide bonds. The van der Waals surface area contributed by atoms with Crippen LogP contribution in [0.2, 0.25) is 0 Å². The topological polar surface area (TPSA) is 137 Å². The summed E-state index contributed by atoms with van der Waals surface area (Å²) in [5, 5.41) is 24.9. The van der Waals surface area contributed by atoms with Gasteiger partial charge in [0.15, 0.2) is 6.10 Å². The summed E-state index contributed by atoms with van der Waals surface area (Å²) in [6.45, 7) is -0.447. The Morgan fingerprint density at radius 2 is 2.37 bits per heavy atom. The maximum atomic E-state index is 11.4. The first kappa shape index (κ1) is 14.6. The summed E-state index contributed by atoms with van der Waals surface area (Å²) in [4.78, 5) is 31.8. The number of carbonyl (C=O) groups excluding carboxylic acids is 1. The molecule has 104 valence electrons. The molecule has 1 aromatic rings. The zero-order chi connectivity index (χ0) is 14.4. The summed E-state index contributed by atoms with van der Waals surface area (Å²) in [6, 6.07) is 1.16. The van der Waals surface area contributed by atoms with Gasteiger partial charge in [-0.1, -0.05) is 0 Å². The minimum absolute atomic E-state index is 0.200. The van der Waals surface area contributed by atoms with Crippen LogP contribution in [0.1, 0.15) is 0 Å². The van der Waals surface area contributed by atoms with Crippen LogP contribution in [0.15, 0.2) is 12.3 Å². The fourth-order valence-corrected chi connectivity index (χ4v) is 1.22. The minimum atomic E-state index is -1.20. The highest BCUT2D eigenvalue weighted by Gasteiger charge is 2.18. The Morgan fingerprint density at radius 1 is 1.68 bits per heavy atom. The van der Waals surface area contributed by atoms with Crippen LogP contribution < -0.4 is 5.32 Å². The molecule has 0 radical (unpaired) electrons. The van der Waals surface area contributed by atoms with Gasteiger partial charge in [-0.3, -0.25) is 4.79 Å². The summed E-state index contributed by atoms with van der Waals surface area (Å²) < 4.78 is 5.70. The van der Waals surface area contributed by atoms with E-state index in [1.165, 1.54) is 13.3 Å². The second-order valence-corrected chi connectivity index (χ2v) is 3.50. The summed E-state index contributed by atoms with van der Waals surface area (Å²) in [6.07, 6.45) is 0.138. The number of aliphatic carboxylic acids is 1. The zero-order valence-corrected chi connectivity index (χ0v) is 9.98. The molecular weight excluding hydrogens is 260 g/mol. The van der Waals surface area contributed by atoms with E-state index in [1.54, 1.807) is 0 Å². The lowest BCUT2D eigenvalue weighted by Gasteiger charge is -2.10. The SMILES string of the molecule is COC(CNC(=O)Cn1ccc([N+](=O)[O-])n1)C(=O)O. The van der Waals surface area contributed by atoms with Gasteiger partial charge in [-0.05, 0) is 4.92 Å². The molecular formula is C9H12N4O6. The standard InChI is InChI=1S/C9H12N4O6/c1-19-6(9(15)16)4-10-8(14)5-12-3-2-7(11-12)13(17)18/h2-3,6H,4-5H2,1H3,(H,10,14)(H,15,16). The van der Waals surface area contributed by atoms with Crippen molar-refractivity contribution < 1.29 is 24.4 Å². The largest absolute Gasteiger partial charge is 0.479 e. The van der Waals surface area contributed by atoms with Crippen molar-refractivity contribution in [2.45, 2.75) is 12.6 Å². The van der Waals surface area contributed by atoms with Crippen molar-refractivity contribution in [3.05, 3.63) is 22.4 Å². The van der Waals surface area contributed by atoms with Crippen molar-refractivity contribution in [2.75, 3.05) is 13.7 Å². The van der Waals surface area contributed by atoms with Crippen LogP contribution in [0.25, 0.3) is 0 Å². The molecule has 0 aromatic carbocycles. The van der Waals surface area contributed by atoms with E-state index in [0.717, 1.165) is 10.7 Å². The number of methoxy groups -OCH3 is 1. The third-order valence-corrected chi connectivity index (χ3v) is 2.16. The quantitative estimate of drug-likeness (QED) is 0.480. The van der Waals surface area contributed by atoms with Gasteiger partial charge in [-0.2, -0.15) is 4.68 Å². The fourth-order valence-electron chi connectivity index (χ4n) is 1.22. The number of nitrogens with one attached hydrogen (secondary N) is 1. The molecule has 1 atom stereocenters. The first-order valence-electron chi connectivity index (χ1n) is 5.14. The van der Waals surface area contributed by atoms with Crippen molar-refractivity contribution >= 4 is 17.7 Å². The number of hydrogen-bond donors (Lipinski definition) is 2. The van der Waals surface area contributed by atoms with Gasteiger partial charge in [0.2, 0.25) is 5.91 Å². The van der Waals surface area contributed by atoms with E-state index in [0.29, 0.717) is 0 Å². The van der Waals surface area contributed by atoms with Gasteiger partial charge in [-0.25, -0.2) is 4.79 Å².